The van der Waals surface area contributed by atoms with Crippen molar-refractivity contribution < 1.29 is 16.8 Å². The Morgan fingerprint density at radius 1 is 0.632 bits per heavy atom. The Kier molecular flexibility index (Phi) is 5.56. The quantitative estimate of drug-likeness (QED) is 0.267. The van der Waals surface area contributed by atoms with Crippen LogP contribution in [0.3, 0.4) is 0 Å². The third-order valence-electron chi connectivity index (χ3n) is 9.08. The van der Waals surface area contributed by atoms with Gasteiger partial charge < -0.3 is 0 Å². The number of hydrogen-bond acceptors (Lipinski definition) is 4. The fraction of sp³-hybridized carbons (Fsp3) is 0.290. The minimum Gasteiger partial charge on any atom is -0.223 e. The van der Waals surface area contributed by atoms with Gasteiger partial charge in [0.1, 0.15) is 0 Å². The average Bonchev–Trinajstić information content (AvgIpc) is 3.70. The average molecular weight is 563 g/mol. The van der Waals surface area contributed by atoms with E-state index in [1.165, 1.54) is 11.1 Å². The van der Waals surface area contributed by atoms with Crippen LogP contribution in [0.2, 0.25) is 5.02 Å². The van der Waals surface area contributed by atoms with Crippen LogP contribution >= 0.6 is 11.6 Å². The van der Waals surface area contributed by atoms with Gasteiger partial charge in [-0.05, 0) is 73.1 Å². The molecular weight excluding hydrogens is 536 g/mol. The van der Waals surface area contributed by atoms with Crippen LogP contribution in [0.25, 0.3) is 6.08 Å². The Bertz CT molecular complexity index is 1590. The van der Waals surface area contributed by atoms with Gasteiger partial charge in [-0.1, -0.05) is 82.9 Å². The van der Waals surface area contributed by atoms with E-state index in [-0.39, 0.29) is 9.79 Å². The van der Waals surface area contributed by atoms with Crippen LogP contribution in [-0.4, -0.2) is 27.3 Å². The number of allylic oxidation sites excluding steroid dienone is 3. The van der Waals surface area contributed by atoms with E-state index in [1.807, 2.05) is 30.3 Å². The molecule has 7 rings (SSSR count). The molecular formula is C31H27ClO4S2. The first-order chi connectivity index (χ1) is 18.3. The van der Waals surface area contributed by atoms with Crippen LogP contribution in [0.15, 0.2) is 111 Å². The van der Waals surface area contributed by atoms with Crippen LogP contribution < -0.4 is 0 Å². The molecule has 4 bridgehead atoms. The highest BCUT2D eigenvalue weighted by Crippen LogP contribution is 2.68. The lowest BCUT2D eigenvalue weighted by molar-refractivity contribution is 0.494. The molecule has 3 aromatic rings. The number of halogens is 1. The van der Waals surface area contributed by atoms with Crippen molar-refractivity contribution in [1.29, 1.82) is 0 Å². The Hall–Kier alpha value is -2.67. The maximum absolute atomic E-state index is 14.4. The van der Waals surface area contributed by atoms with E-state index in [1.54, 1.807) is 60.7 Å². The van der Waals surface area contributed by atoms with Crippen molar-refractivity contribution in [3.63, 3.8) is 0 Å². The van der Waals surface area contributed by atoms with Crippen molar-refractivity contribution in [2.24, 2.45) is 23.7 Å². The van der Waals surface area contributed by atoms with E-state index in [9.17, 15) is 16.8 Å². The van der Waals surface area contributed by atoms with Gasteiger partial charge in [-0.15, -0.1) is 0 Å². The highest BCUT2D eigenvalue weighted by Gasteiger charge is 2.67. The van der Waals surface area contributed by atoms with Gasteiger partial charge in [-0.2, -0.15) is 0 Å². The third kappa shape index (κ3) is 3.46. The molecule has 38 heavy (non-hydrogen) atoms. The third-order valence-corrected chi connectivity index (χ3v) is 13.9. The number of fused-ring (bicyclic) bond motifs is 8. The van der Waals surface area contributed by atoms with Gasteiger partial charge >= 0.3 is 0 Å². The molecule has 4 aliphatic carbocycles. The molecule has 0 N–H and O–H groups in total. The molecule has 0 unspecified atom stereocenters. The molecule has 4 aliphatic rings. The maximum Gasteiger partial charge on any atom is 0.183 e. The van der Waals surface area contributed by atoms with Crippen molar-refractivity contribution in [2.75, 3.05) is 0 Å². The summed E-state index contributed by atoms with van der Waals surface area (Å²) in [7, 11) is -7.95. The summed E-state index contributed by atoms with van der Waals surface area (Å²) >= 11 is 6.14. The monoisotopic (exact) mass is 562 g/mol. The second-order valence-electron chi connectivity index (χ2n) is 10.9. The van der Waals surface area contributed by atoms with E-state index in [4.69, 9.17) is 11.6 Å². The van der Waals surface area contributed by atoms with Crippen molar-refractivity contribution in [2.45, 2.75) is 39.6 Å². The van der Waals surface area contributed by atoms with Gasteiger partial charge in [0.15, 0.2) is 19.7 Å². The lowest BCUT2D eigenvalue weighted by Crippen LogP contribution is -2.45. The smallest absolute Gasteiger partial charge is 0.183 e. The molecule has 4 nitrogen and oxygen atoms in total. The second kappa shape index (κ2) is 8.67. The predicted octanol–water partition coefficient (Wildman–Crippen LogP) is 6.39. The zero-order chi connectivity index (χ0) is 26.2. The zero-order valence-electron chi connectivity index (χ0n) is 20.6. The largest absolute Gasteiger partial charge is 0.223 e. The molecule has 0 aliphatic heterocycles. The van der Waals surface area contributed by atoms with Crippen LogP contribution in [-0.2, 0) is 19.7 Å². The molecule has 194 valence electrons. The molecule has 0 heterocycles. The maximum atomic E-state index is 14.4. The summed E-state index contributed by atoms with van der Waals surface area (Å²) in [4.78, 5) is 0.365. The minimum atomic E-state index is -3.97. The topological polar surface area (TPSA) is 68.3 Å². The molecule has 0 saturated heterocycles. The fourth-order valence-electron chi connectivity index (χ4n) is 7.73. The SMILES string of the molecule is O=S(=O)(c1ccccc1)[C@@H]1[C@H]2C(=Cc3ccc(Cl)cc3)[C@@H](C3=C2[C@H]2CC[C@H]3C2)[C@@H]1S(=O)(=O)c1ccccc1. The van der Waals surface area contributed by atoms with Crippen LogP contribution in [0, 0.1) is 23.7 Å². The molecule has 0 radical (unpaired) electrons. The lowest BCUT2D eigenvalue weighted by Gasteiger charge is -2.35. The van der Waals surface area contributed by atoms with Gasteiger partial charge in [-0.25, -0.2) is 16.8 Å². The van der Waals surface area contributed by atoms with Crippen molar-refractivity contribution in [1.82, 2.24) is 0 Å². The number of rotatable bonds is 5. The summed E-state index contributed by atoms with van der Waals surface area (Å²) in [5.74, 6) is -0.190. The van der Waals surface area contributed by atoms with Crippen LogP contribution in [0.5, 0.6) is 0 Å². The Morgan fingerprint density at radius 2 is 1.08 bits per heavy atom. The van der Waals surface area contributed by atoms with Gasteiger partial charge in [-0.3, -0.25) is 0 Å². The van der Waals surface area contributed by atoms with Crippen molar-refractivity contribution >= 4 is 37.4 Å². The molecule has 0 aromatic heterocycles. The Morgan fingerprint density at radius 3 is 1.53 bits per heavy atom. The van der Waals surface area contributed by atoms with E-state index in [2.05, 4.69) is 0 Å². The molecule has 7 heteroatoms. The number of sulfone groups is 2. The minimum absolute atomic E-state index is 0.182. The van der Waals surface area contributed by atoms with E-state index in [0.717, 1.165) is 30.4 Å². The van der Waals surface area contributed by atoms with E-state index in [0.29, 0.717) is 16.9 Å². The van der Waals surface area contributed by atoms with Gasteiger partial charge in [0.25, 0.3) is 0 Å². The van der Waals surface area contributed by atoms with Gasteiger partial charge in [0.2, 0.25) is 0 Å². The fourth-order valence-corrected chi connectivity index (χ4v) is 12.8. The van der Waals surface area contributed by atoms with Crippen LogP contribution in [0.4, 0.5) is 0 Å². The first-order valence-corrected chi connectivity index (χ1v) is 16.5. The highest BCUT2D eigenvalue weighted by atomic mass is 35.5. The summed E-state index contributed by atoms with van der Waals surface area (Å²) < 4.78 is 57.7. The number of hydrogen-bond donors (Lipinski definition) is 0. The summed E-state index contributed by atoms with van der Waals surface area (Å²) in [6.45, 7) is 0. The molecule has 3 aromatic carbocycles. The molecule has 0 amide bonds. The normalized spacial score (nSPS) is 30.8. The van der Waals surface area contributed by atoms with E-state index < -0.39 is 42.0 Å². The van der Waals surface area contributed by atoms with Crippen molar-refractivity contribution in [3.05, 3.63) is 112 Å². The number of benzene rings is 3. The van der Waals surface area contributed by atoms with E-state index >= 15 is 0 Å². The zero-order valence-corrected chi connectivity index (χ0v) is 23.0. The molecule has 6 atom stereocenters. The van der Waals surface area contributed by atoms with Crippen LogP contribution in [0.1, 0.15) is 24.8 Å². The summed E-state index contributed by atoms with van der Waals surface area (Å²) in [5, 5.41) is -1.53. The lowest BCUT2D eigenvalue weighted by atomic mass is 9.82. The Labute approximate surface area is 228 Å². The standard InChI is InChI=1S/C31H27ClO4S2/c32-22-15-11-19(12-16-22)17-25-28-26-20-13-14-21(18-20)27(26)29(25)31(38(35,36)24-9-5-2-6-10-24)30(28)37(33,34)23-7-3-1-4-8-23/h1-12,15-17,20-21,28-31H,13-14,18H2/t20-,21-,28-,29-,30-,31+/m0/s1. The summed E-state index contributed by atoms with van der Waals surface area (Å²) in [6, 6.07) is 24.2. The highest BCUT2D eigenvalue weighted by molar-refractivity contribution is 7.96. The molecule has 2 saturated carbocycles. The summed E-state index contributed by atoms with van der Waals surface area (Å²) in [6.07, 6.45) is 5.16. The first-order valence-electron chi connectivity index (χ1n) is 13.1. The van der Waals surface area contributed by atoms with Crippen molar-refractivity contribution in [3.8, 4) is 0 Å². The Balaban J connectivity index is 1.49. The van der Waals surface area contributed by atoms with Gasteiger partial charge in [0.05, 0.1) is 20.3 Å². The molecule has 0 spiro atoms. The first kappa shape index (κ1) is 24.4. The summed E-state index contributed by atoms with van der Waals surface area (Å²) in [5.41, 5.74) is 4.27. The van der Waals surface area contributed by atoms with Gasteiger partial charge in [0, 0.05) is 16.9 Å². The predicted molar refractivity (Wildman–Crippen MR) is 149 cm³/mol. The molecule has 2 fully saturated rings. The second-order valence-corrected chi connectivity index (χ2v) is 15.6.